The maximum absolute atomic E-state index is 12.2. The molecule has 32 heavy (non-hydrogen) atoms. The normalized spacial score (nSPS) is 13.8. The molecule has 1 rings (SSSR count). The second-order valence-corrected chi connectivity index (χ2v) is 10.2. The Labute approximate surface area is 202 Å². The highest BCUT2D eigenvalue weighted by Gasteiger charge is 2.17. The summed E-state index contributed by atoms with van der Waals surface area (Å²) in [7, 11) is 5.65. The number of aliphatic hydroxyl groups is 1. The minimum absolute atomic E-state index is 0.0536. The van der Waals surface area contributed by atoms with Crippen molar-refractivity contribution < 1.29 is 19.7 Å². The van der Waals surface area contributed by atoms with Gasteiger partial charge in [0.25, 0.3) is 0 Å². The third-order valence-electron chi connectivity index (χ3n) is 5.43. The summed E-state index contributed by atoms with van der Waals surface area (Å²) in [5.41, 5.74) is 2.53. The number of ketones is 1. The minimum Gasteiger partial charge on any atom is -0.504 e. The lowest BCUT2D eigenvalue weighted by molar-refractivity contribution is -0.118. The van der Waals surface area contributed by atoms with Crippen LogP contribution in [-0.4, -0.2) is 54.2 Å². The number of rotatable bonds is 13. The summed E-state index contributed by atoms with van der Waals surface area (Å²) < 4.78 is 6.18. The summed E-state index contributed by atoms with van der Waals surface area (Å²) in [6.07, 6.45) is 9.48. The van der Waals surface area contributed by atoms with Crippen LogP contribution in [0.4, 0.5) is 0 Å². The Morgan fingerprint density at radius 1 is 1.34 bits per heavy atom. The molecule has 1 aromatic rings. The molecule has 0 saturated carbocycles. The smallest absolute Gasteiger partial charge is 0.174 e. The van der Waals surface area contributed by atoms with Crippen LogP contribution in [-0.2, 0) is 17.6 Å². The van der Waals surface area contributed by atoms with Gasteiger partial charge in [-0.2, -0.15) is 0 Å². The highest BCUT2D eigenvalue weighted by atomic mass is 79.9. The van der Waals surface area contributed by atoms with Crippen molar-refractivity contribution in [2.45, 2.75) is 65.4 Å². The molecule has 6 heteroatoms. The van der Waals surface area contributed by atoms with Crippen molar-refractivity contribution in [3.05, 3.63) is 45.5 Å². The molecule has 0 aliphatic rings. The summed E-state index contributed by atoms with van der Waals surface area (Å²) in [5, 5.41) is 20.1. The van der Waals surface area contributed by atoms with Crippen LogP contribution in [0.1, 0.15) is 58.1 Å². The highest BCUT2D eigenvalue weighted by molar-refractivity contribution is 9.10. The largest absolute Gasteiger partial charge is 0.504 e. The first-order valence-electron chi connectivity index (χ1n) is 11.2. The van der Waals surface area contributed by atoms with Gasteiger partial charge >= 0.3 is 0 Å². The van der Waals surface area contributed by atoms with Gasteiger partial charge in [0.15, 0.2) is 17.3 Å². The Morgan fingerprint density at radius 2 is 2.00 bits per heavy atom. The summed E-state index contributed by atoms with van der Waals surface area (Å²) in [5.74, 6) is 0.604. The first kappa shape index (κ1) is 28.4. The lowest BCUT2D eigenvalue weighted by atomic mass is 9.95. The average molecular weight is 511 g/mol. The Hall–Kier alpha value is -1.63. The maximum Gasteiger partial charge on any atom is 0.174 e. The molecule has 0 saturated heterocycles. The predicted molar refractivity (Wildman–Crippen MR) is 136 cm³/mol. The molecule has 1 unspecified atom stereocenters. The quantitative estimate of drug-likeness (QED) is 0.273. The molecule has 0 radical (unpaired) electrons. The Kier molecular flexibility index (Phi) is 11.7. The van der Waals surface area contributed by atoms with Crippen LogP contribution in [0.15, 0.2) is 34.3 Å². The van der Waals surface area contributed by atoms with Gasteiger partial charge in [-0.05, 0) is 106 Å². The highest BCUT2D eigenvalue weighted by Crippen LogP contribution is 2.39. The average Bonchev–Trinajstić information content (AvgIpc) is 2.69. The first-order chi connectivity index (χ1) is 14.9. The van der Waals surface area contributed by atoms with Crippen LogP contribution in [0.25, 0.3) is 0 Å². The van der Waals surface area contributed by atoms with E-state index in [1.165, 1.54) is 11.6 Å². The number of benzene rings is 1. The fourth-order valence-corrected chi connectivity index (χ4v) is 4.17. The van der Waals surface area contributed by atoms with Crippen molar-refractivity contribution in [3.63, 3.8) is 0 Å². The Bertz CT molecular complexity index is 822. The summed E-state index contributed by atoms with van der Waals surface area (Å²) in [4.78, 5) is 14.3. The number of aromatic hydroxyl groups is 1. The number of hydrogen-bond donors (Lipinski definition) is 2. The van der Waals surface area contributed by atoms with Gasteiger partial charge in [-0.3, -0.25) is 4.79 Å². The van der Waals surface area contributed by atoms with E-state index in [9.17, 15) is 15.0 Å². The van der Waals surface area contributed by atoms with Gasteiger partial charge in [0, 0.05) is 12.5 Å². The molecular formula is C26H40BrNO4. The molecule has 5 nitrogen and oxygen atoms in total. The van der Waals surface area contributed by atoms with E-state index >= 15 is 0 Å². The first-order valence-corrected chi connectivity index (χ1v) is 12.0. The number of phenols is 1. The zero-order valence-electron chi connectivity index (χ0n) is 20.7. The van der Waals surface area contributed by atoms with Gasteiger partial charge in [-0.1, -0.05) is 24.6 Å². The maximum atomic E-state index is 12.2. The fraction of sp³-hybridized carbons (Fsp3) is 0.577. The molecule has 1 atom stereocenters. The van der Waals surface area contributed by atoms with Crippen molar-refractivity contribution in [3.8, 4) is 11.5 Å². The minimum atomic E-state index is -0.967. The zero-order valence-corrected chi connectivity index (χ0v) is 22.3. The lowest BCUT2D eigenvalue weighted by Crippen LogP contribution is -2.16. The van der Waals surface area contributed by atoms with E-state index in [4.69, 9.17) is 4.74 Å². The van der Waals surface area contributed by atoms with Crippen LogP contribution >= 0.6 is 15.9 Å². The second-order valence-electron chi connectivity index (χ2n) is 9.37. The molecule has 0 fully saturated rings. The van der Waals surface area contributed by atoms with Gasteiger partial charge in [-0.15, -0.1) is 0 Å². The van der Waals surface area contributed by atoms with Crippen molar-refractivity contribution in [1.82, 2.24) is 4.90 Å². The topological polar surface area (TPSA) is 70.0 Å². The van der Waals surface area contributed by atoms with Crippen molar-refractivity contribution in [1.29, 1.82) is 0 Å². The predicted octanol–water partition coefficient (Wildman–Crippen LogP) is 5.46. The molecule has 0 amide bonds. The number of halogens is 1. The third-order valence-corrected chi connectivity index (χ3v) is 6.27. The number of phenolic OH excluding ortho intramolecular Hbond substituents is 1. The Morgan fingerprint density at radius 3 is 2.56 bits per heavy atom. The van der Waals surface area contributed by atoms with Crippen LogP contribution in [0, 0.1) is 5.92 Å². The number of likely N-dealkylation sites (N-methyl/N-ethyl adjacent to an activating group) is 1. The number of carbonyl (C=O) groups excluding carboxylic acids is 1. The summed E-state index contributed by atoms with van der Waals surface area (Å²) >= 11 is 3.62. The fourth-order valence-electron chi connectivity index (χ4n) is 3.36. The lowest BCUT2D eigenvalue weighted by Gasteiger charge is -2.17. The van der Waals surface area contributed by atoms with E-state index in [2.05, 4.69) is 33.8 Å². The number of ether oxygens (including phenoxy) is 1. The molecule has 0 aliphatic heterocycles. The van der Waals surface area contributed by atoms with Gasteiger partial charge in [0.05, 0.1) is 17.2 Å². The molecule has 0 bridgehead atoms. The second kappa shape index (κ2) is 13.2. The van der Waals surface area contributed by atoms with Crippen LogP contribution in [0.3, 0.4) is 0 Å². The van der Waals surface area contributed by atoms with Crippen LogP contribution in [0.5, 0.6) is 11.5 Å². The number of hydrogen-bond acceptors (Lipinski definition) is 5. The molecule has 180 valence electrons. The van der Waals surface area contributed by atoms with E-state index in [1.807, 2.05) is 21.0 Å². The molecule has 2 N–H and O–H groups in total. The van der Waals surface area contributed by atoms with Gasteiger partial charge < -0.3 is 19.8 Å². The van der Waals surface area contributed by atoms with E-state index in [0.717, 1.165) is 54.2 Å². The van der Waals surface area contributed by atoms with Gasteiger partial charge in [0.1, 0.15) is 0 Å². The van der Waals surface area contributed by atoms with E-state index in [0.29, 0.717) is 5.75 Å². The van der Waals surface area contributed by atoms with E-state index in [1.54, 1.807) is 33.1 Å². The monoisotopic (exact) mass is 509 g/mol. The summed E-state index contributed by atoms with van der Waals surface area (Å²) in [6, 6.07) is 1.80. The number of carbonyl (C=O) groups is 1. The van der Waals surface area contributed by atoms with E-state index in [-0.39, 0.29) is 17.5 Å². The number of allylic oxidation sites excluding steroid dienone is 3. The number of nitrogens with zero attached hydrogens (tertiary/aromatic N) is 1. The molecular weight excluding hydrogens is 470 g/mol. The van der Waals surface area contributed by atoms with Crippen molar-refractivity contribution in [2.24, 2.45) is 5.92 Å². The van der Waals surface area contributed by atoms with Gasteiger partial charge in [0.2, 0.25) is 0 Å². The standard InChI is InChI=1S/C26H40BrNO4/c1-18(9-8-10-19(2)22(29)13-15-26(3,4)31)11-12-20-17-23(30)25(32-7)24(27)21(20)14-16-28(5)6/h11,13,15,17,19,30-31H,8-10,12,14,16H2,1-7H3. The summed E-state index contributed by atoms with van der Waals surface area (Å²) in [6.45, 7) is 8.25. The van der Waals surface area contributed by atoms with Crippen molar-refractivity contribution in [2.75, 3.05) is 27.7 Å². The van der Waals surface area contributed by atoms with E-state index < -0.39 is 5.60 Å². The van der Waals surface area contributed by atoms with Crippen LogP contribution in [0.2, 0.25) is 0 Å². The number of methoxy groups -OCH3 is 1. The third kappa shape index (κ3) is 9.88. The molecule has 1 aromatic carbocycles. The van der Waals surface area contributed by atoms with Gasteiger partial charge in [-0.25, -0.2) is 0 Å². The van der Waals surface area contributed by atoms with Crippen LogP contribution < -0.4 is 4.74 Å². The molecule has 0 spiro atoms. The Balaban J connectivity index is 2.77. The molecule has 0 heterocycles. The molecule has 0 aliphatic carbocycles. The van der Waals surface area contributed by atoms with Crippen molar-refractivity contribution >= 4 is 21.7 Å². The SMILES string of the molecule is COc1c(O)cc(CC=C(C)CCCC(C)C(=O)C=CC(C)(C)O)c(CCN(C)C)c1Br. The molecule has 0 aromatic heterocycles. The zero-order chi connectivity index (χ0) is 24.5.